The molecule has 4 N–H and O–H groups in total. The minimum Gasteiger partial charge on any atom is -0.404 e. The summed E-state index contributed by atoms with van der Waals surface area (Å²) >= 11 is 0. The first kappa shape index (κ1) is 20.7. The van der Waals surface area contributed by atoms with Gasteiger partial charge in [0.1, 0.15) is 0 Å². The van der Waals surface area contributed by atoms with Crippen molar-refractivity contribution in [3.05, 3.63) is 59.9 Å². The topological polar surface area (TPSA) is 113 Å². The first-order valence-corrected chi connectivity index (χ1v) is 9.11. The molecule has 0 aliphatic rings. The van der Waals surface area contributed by atoms with Gasteiger partial charge in [-0.05, 0) is 24.5 Å². The lowest BCUT2D eigenvalue weighted by molar-refractivity contribution is -0.118. The number of thiol groups is 1. The molecule has 138 valence electrons. The Balaban J connectivity index is 2.74. The molecule has 1 aromatic rings. The van der Waals surface area contributed by atoms with Crippen LogP contribution in [0.2, 0.25) is 0 Å². The van der Waals surface area contributed by atoms with Gasteiger partial charge < -0.3 is 16.2 Å². The number of nitrogens with zero attached hydrogens (tertiary/aromatic N) is 1. The van der Waals surface area contributed by atoms with Gasteiger partial charge in [-0.15, -0.1) is 0 Å². The molecule has 0 aliphatic heterocycles. The molecule has 0 aliphatic carbocycles. The summed E-state index contributed by atoms with van der Waals surface area (Å²) in [4.78, 5) is 12.3. The molecule has 0 spiro atoms. The first-order chi connectivity index (χ1) is 12.0. The van der Waals surface area contributed by atoms with Crippen molar-refractivity contribution in [2.75, 3.05) is 13.2 Å². The monoisotopic (exact) mass is 367 g/mol. The van der Waals surface area contributed by atoms with E-state index in [9.17, 15) is 18.3 Å². The molecule has 0 saturated carbocycles. The maximum Gasteiger partial charge on any atom is 0.253 e. The normalized spacial score (nSPS) is 13.2. The summed E-state index contributed by atoms with van der Waals surface area (Å²) in [6.07, 6.45) is 4.86. The van der Waals surface area contributed by atoms with Gasteiger partial charge in [-0.1, -0.05) is 37.3 Å². The third kappa shape index (κ3) is 7.40. The lowest BCUT2D eigenvalue weighted by Crippen LogP contribution is -2.39. The number of benzene rings is 1. The highest BCUT2D eigenvalue weighted by molar-refractivity contribution is 7.70. The molecule has 7 nitrogen and oxygen atoms in total. The van der Waals surface area contributed by atoms with Crippen LogP contribution in [0.5, 0.6) is 0 Å². The number of nitrogens with one attached hydrogen (secondary N) is 1. The Morgan fingerprint density at radius 1 is 1.36 bits per heavy atom. The number of rotatable bonds is 10. The molecule has 1 rings (SSSR count). The molecule has 0 saturated heterocycles. The molecule has 1 amide bonds. The number of nitrogens with two attached hydrogens (primary N) is 1. The largest absolute Gasteiger partial charge is 0.404 e. The molecule has 1 atom stereocenters. The van der Waals surface area contributed by atoms with Gasteiger partial charge in [0.05, 0.1) is 18.2 Å². The average Bonchev–Trinajstić information content (AvgIpc) is 2.61. The summed E-state index contributed by atoms with van der Waals surface area (Å²) in [6, 6.07) is 8.99. The summed E-state index contributed by atoms with van der Waals surface area (Å²) in [6.45, 7) is 1.94. The van der Waals surface area contributed by atoms with Gasteiger partial charge >= 0.3 is 0 Å². The molecule has 0 fully saturated rings. The van der Waals surface area contributed by atoms with Gasteiger partial charge in [0.15, 0.2) is 0 Å². The SMILES string of the molecule is CCCN(C=C/C(=C\N)C(=O)N[C@H](CO)Cc1ccccc1)[SH](=O)=O. The van der Waals surface area contributed by atoms with Crippen LogP contribution in [-0.2, 0) is 22.1 Å². The number of aliphatic hydroxyl groups is 1. The van der Waals surface area contributed by atoms with E-state index in [1.165, 1.54) is 12.3 Å². The molecule has 25 heavy (non-hydrogen) atoms. The third-order valence-corrected chi connectivity index (χ3v) is 4.16. The summed E-state index contributed by atoms with van der Waals surface area (Å²) < 4.78 is 23.3. The van der Waals surface area contributed by atoms with Crippen molar-refractivity contribution in [3.8, 4) is 0 Å². The van der Waals surface area contributed by atoms with E-state index in [-0.39, 0.29) is 12.2 Å². The summed E-state index contributed by atoms with van der Waals surface area (Å²) in [5, 5.41) is 12.2. The highest BCUT2D eigenvalue weighted by Gasteiger charge is 2.14. The second-order valence-electron chi connectivity index (χ2n) is 5.38. The highest BCUT2D eigenvalue weighted by atomic mass is 32.2. The number of amides is 1. The van der Waals surface area contributed by atoms with Crippen molar-refractivity contribution in [2.24, 2.45) is 5.73 Å². The molecule has 1 aromatic carbocycles. The van der Waals surface area contributed by atoms with E-state index in [0.29, 0.717) is 19.4 Å². The Morgan fingerprint density at radius 3 is 2.56 bits per heavy atom. The maximum atomic E-state index is 12.3. The molecular formula is C17H25N3O4S. The fraction of sp³-hybridized carbons (Fsp3) is 0.353. The smallest absolute Gasteiger partial charge is 0.253 e. The number of carbonyl (C=O) groups excluding carboxylic acids is 1. The van der Waals surface area contributed by atoms with Crippen LogP contribution < -0.4 is 11.1 Å². The average molecular weight is 367 g/mol. The van der Waals surface area contributed by atoms with Crippen LogP contribution in [0.1, 0.15) is 18.9 Å². The van der Waals surface area contributed by atoms with Crippen LogP contribution in [0, 0.1) is 0 Å². The predicted octanol–water partition coefficient (Wildman–Crippen LogP) is 0.301. The van der Waals surface area contributed by atoms with E-state index in [4.69, 9.17) is 5.73 Å². The Hall–Kier alpha value is -2.32. The molecular weight excluding hydrogens is 342 g/mol. The standard InChI is InChI=1S/C17H25N3O4S/c1-2-9-20(25(23)24)10-8-15(12-18)17(22)19-16(13-21)11-14-6-4-3-5-7-14/h3-8,10,12,16,21,25H,2,9,11,13,18H2,1H3,(H,19,22)/b10-8?,15-12+/t16-/m0/s1. The Kier molecular flexibility index (Phi) is 9.34. The van der Waals surface area contributed by atoms with E-state index < -0.39 is 22.8 Å². The number of hydrogen-bond acceptors (Lipinski definition) is 5. The van der Waals surface area contributed by atoms with Gasteiger partial charge in [0.2, 0.25) is 10.9 Å². The van der Waals surface area contributed by atoms with Crippen molar-refractivity contribution in [1.29, 1.82) is 0 Å². The Bertz CT molecular complexity index is 664. The molecule has 0 radical (unpaired) electrons. The van der Waals surface area contributed by atoms with E-state index >= 15 is 0 Å². The molecule has 0 unspecified atom stereocenters. The van der Waals surface area contributed by atoms with Gasteiger partial charge in [-0.3, -0.25) is 9.10 Å². The van der Waals surface area contributed by atoms with E-state index in [1.54, 1.807) is 0 Å². The van der Waals surface area contributed by atoms with Crippen LogP contribution >= 0.6 is 0 Å². The number of hydrogen-bond donors (Lipinski definition) is 4. The Morgan fingerprint density at radius 2 is 2.04 bits per heavy atom. The number of carbonyl (C=O) groups is 1. The van der Waals surface area contributed by atoms with Gasteiger partial charge in [-0.25, -0.2) is 8.42 Å². The van der Waals surface area contributed by atoms with Crippen LogP contribution in [0.15, 0.2) is 54.4 Å². The lowest BCUT2D eigenvalue weighted by Gasteiger charge is -2.17. The van der Waals surface area contributed by atoms with E-state index in [2.05, 4.69) is 5.32 Å². The third-order valence-electron chi connectivity index (χ3n) is 3.41. The zero-order valence-corrected chi connectivity index (χ0v) is 15.1. The van der Waals surface area contributed by atoms with Gasteiger partial charge in [0, 0.05) is 18.9 Å². The minimum atomic E-state index is -2.77. The van der Waals surface area contributed by atoms with Crippen LogP contribution in [0.4, 0.5) is 0 Å². The second kappa shape index (κ2) is 11.3. The first-order valence-electron chi connectivity index (χ1n) is 7.98. The van der Waals surface area contributed by atoms with Crippen LogP contribution in [0.3, 0.4) is 0 Å². The quantitative estimate of drug-likeness (QED) is 0.270. The number of aliphatic hydroxyl groups excluding tert-OH is 1. The van der Waals surface area contributed by atoms with Gasteiger partial charge in [-0.2, -0.15) is 0 Å². The highest BCUT2D eigenvalue weighted by Crippen LogP contribution is 2.05. The predicted molar refractivity (Wildman–Crippen MR) is 97.9 cm³/mol. The molecule has 8 heteroatoms. The van der Waals surface area contributed by atoms with Crippen molar-refractivity contribution in [3.63, 3.8) is 0 Å². The van der Waals surface area contributed by atoms with Gasteiger partial charge in [0.25, 0.3) is 5.91 Å². The minimum absolute atomic E-state index is 0.115. The zero-order chi connectivity index (χ0) is 18.7. The van der Waals surface area contributed by atoms with Crippen LogP contribution in [-0.4, -0.2) is 42.9 Å². The van der Waals surface area contributed by atoms with Crippen molar-refractivity contribution < 1.29 is 18.3 Å². The van der Waals surface area contributed by atoms with Crippen molar-refractivity contribution in [1.82, 2.24) is 9.62 Å². The Labute approximate surface area is 149 Å². The molecule has 0 aromatic heterocycles. The molecule has 0 bridgehead atoms. The fourth-order valence-corrected chi connectivity index (χ4v) is 2.68. The fourth-order valence-electron chi connectivity index (χ4n) is 2.14. The zero-order valence-electron chi connectivity index (χ0n) is 14.2. The lowest BCUT2D eigenvalue weighted by atomic mass is 10.1. The summed E-state index contributed by atoms with van der Waals surface area (Å²) in [5.74, 6) is -0.480. The second-order valence-corrected chi connectivity index (χ2v) is 6.37. The summed E-state index contributed by atoms with van der Waals surface area (Å²) in [5.41, 5.74) is 6.57. The van der Waals surface area contributed by atoms with Crippen molar-refractivity contribution >= 4 is 16.8 Å². The maximum absolute atomic E-state index is 12.3. The van der Waals surface area contributed by atoms with Crippen molar-refractivity contribution in [2.45, 2.75) is 25.8 Å². The summed E-state index contributed by atoms with van der Waals surface area (Å²) in [7, 11) is -2.77. The molecule has 0 heterocycles. The van der Waals surface area contributed by atoms with E-state index in [0.717, 1.165) is 16.1 Å². The van der Waals surface area contributed by atoms with E-state index in [1.807, 2.05) is 37.3 Å². The van der Waals surface area contributed by atoms with Crippen LogP contribution in [0.25, 0.3) is 0 Å².